The molecule has 0 spiro atoms. The first kappa shape index (κ1) is 12.7. The van der Waals surface area contributed by atoms with Crippen LogP contribution in [0.4, 0.5) is 0 Å². The van der Waals surface area contributed by atoms with Gasteiger partial charge in [-0.25, -0.2) is 0 Å². The van der Waals surface area contributed by atoms with Gasteiger partial charge in [-0.05, 0) is 31.9 Å². The van der Waals surface area contributed by atoms with E-state index >= 15 is 0 Å². The molecule has 88 valence electrons. The van der Waals surface area contributed by atoms with Crippen LogP contribution in [0.15, 0.2) is 18.2 Å². The Labute approximate surface area is 97.2 Å². The van der Waals surface area contributed by atoms with E-state index < -0.39 is 0 Å². The third-order valence-corrected chi connectivity index (χ3v) is 2.74. The second-order valence-corrected chi connectivity index (χ2v) is 4.15. The van der Waals surface area contributed by atoms with Crippen LogP contribution in [0.25, 0.3) is 0 Å². The maximum absolute atomic E-state index is 11.3. The van der Waals surface area contributed by atoms with Gasteiger partial charge in [0, 0.05) is 13.6 Å². The van der Waals surface area contributed by atoms with Gasteiger partial charge in [0.2, 0.25) is 5.91 Å². The first-order valence-electron chi connectivity index (χ1n) is 5.55. The molecule has 16 heavy (non-hydrogen) atoms. The molecule has 1 amide bonds. The number of hydrogen-bond donors (Lipinski definition) is 2. The normalized spacial score (nSPS) is 12.2. The van der Waals surface area contributed by atoms with Gasteiger partial charge in [-0.2, -0.15) is 0 Å². The molecule has 3 heteroatoms. The predicted octanol–water partition coefficient (Wildman–Crippen LogP) is 1.53. The molecule has 3 nitrogen and oxygen atoms in total. The van der Waals surface area contributed by atoms with E-state index in [2.05, 4.69) is 42.7 Å². The van der Waals surface area contributed by atoms with Crippen molar-refractivity contribution in [3.63, 3.8) is 0 Å². The van der Waals surface area contributed by atoms with E-state index in [1.54, 1.807) is 7.05 Å². The summed E-state index contributed by atoms with van der Waals surface area (Å²) in [5.41, 5.74) is 3.76. The molecule has 0 saturated heterocycles. The Balaban J connectivity index is 2.58. The van der Waals surface area contributed by atoms with Gasteiger partial charge in [0.25, 0.3) is 0 Å². The molecule has 0 aliphatic carbocycles. The van der Waals surface area contributed by atoms with Crippen LogP contribution >= 0.6 is 0 Å². The summed E-state index contributed by atoms with van der Waals surface area (Å²) in [6.45, 7) is 6.76. The summed E-state index contributed by atoms with van der Waals surface area (Å²) in [5.74, 6) is 0.0183. The van der Waals surface area contributed by atoms with E-state index in [1.165, 1.54) is 16.7 Å². The summed E-state index contributed by atoms with van der Waals surface area (Å²) in [4.78, 5) is 11.3. The zero-order valence-corrected chi connectivity index (χ0v) is 10.4. The number of amides is 1. The SMILES string of the molecule is CNC(=O)C(C)NCc1ccc(C)cc1C. The van der Waals surface area contributed by atoms with Gasteiger partial charge in [0.15, 0.2) is 0 Å². The molecule has 0 fully saturated rings. The van der Waals surface area contributed by atoms with Crippen molar-refractivity contribution in [2.45, 2.75) is 33.4 Å². The standard InChI is InChI=1S/C13H20N2O/c1-9-5-6-12(10(2)7-9)8-15-11(3)13(16)14-4/h5-7,11,15H,8H2,1-4H3,(H,14,16). The number of benzene rings is 1. The monoisotopic (exact) mass is 220 g/mol. The summed E-state index contributed by atoms with van der Waals surface area (Å²) in [6.07, 6.45) is 0. The Morgan fingerprint density at radius 1 is 1.38 bits per heavy atom. The zero-order chi connectivity index (χ0) is 12.1. The molecule has 0 aliphatic heterocycles. The Hall–Kier alpha value is -1.35. The van der Waals surface area contributed by atoms with E-state index in [1.807, 2.05) is 6.92 Å². The number of rotatable bonds is 4. The average Bonchev–Trinajstić information content (AvgIpc) is 2.26. The summed E-state index contributed by atoms with van der Waals surface area (Å²) in [6, 6.07) is 6.19. The third-order valence-electron chi connectivity index (χ3n) is 2.74. The fraction of sp³-hybridized carbons (Fsp3) is 0.462. The molecular weight excluding hydrogens is 200 g/mol. The fourth-order valence-corrected chi connectivity index (χ4v) is 1.62. The van der Waals surface area contributed by atoms with Crippen molar-refractivity contribution in [1.29, 1.82) is 0 Å². The van der Waals surface area contributed by atoms with Crippen LogP contribution in [0.5, 0.6) is 0 Å². The number of carbonyl (C=O) groups excluding carboxylic acids is 1. The molecule has 0 aliphatic rings. The Bertz CT molecular complexity index is 374. The maximum atomic E-state index is 11.3. The predicted molar refractivity (Wildman–Crippen MR) is 66.3 cm³/mol. The lowest BCUT2D eigenvalue weighted by Crippen LogP contribution is -2.40. The first-order valence-corrected chi connectivity index (χ1v) is 5.55. The molecule has 1 aromatic rings. The van der Waals surface area contributed by atoms with Crippen LogP contribution in [0.3, 0.4) is 0 Å². The van der Waals surface area contributed by atoms with Crippen molar-refractivity contribution >= 4 is 5.91 Å². The summed E-state index contributed by atoms with van der Waals surface area (Å²) < 4.78 is 0. The molecular formula is C13H20N2O. The van der Waals surface area contributed by atoms with Crippen LogP contribution < -0.4 is 10.6 Å². The molecule has 0 aromatic heterocycles. The summed E-state index contributed by atoms with van der Waals surface area (Å²) >= 11 is 0. The molecule has 1 aromatic carbocycles. The molecule has 1 rings (SSSR count). The second kappa shape index (κ2) is 5.66. The van der Waals surface area contributed by atoms with E-state index in [0.29, 0.717) is 0 Å². The Morgan fingerprint density at radius 3 is 2.62 bits per heavy atom. The minimum absolute atomic E-state index is 0.0183. The van der Waals surface area contributed by atoms with Crippen molar-refractivity contribution in [1.82, 2.24) is 10.6 Å². The zero-order valence-electron chi connectivity index (χ0n) is 10.4. The maximum Gasteiger partial charge on any atom is 0.236 e. The highest BCUT2D eigenvalue weighted by molar-refractivity contribution is 5.80. The average molecular weight is 220 g/mol. The van der Waals surface area contributed by atoms with Crippen LogP contribution in [-0.2, 0) is 11.3 Å². The topological polar surface area (TPSA) is 41.1 Å². The van der Waals surface area contributed by atoms with E-state index in [0.717, 1.165) is 6.54 Å². The van der Waals surface area contributed by atoms with Gasteiger partial charge in [-0.3, -0.25) is 4.79 Å². The molecule has 0 bridgehead atoms. The molecule has 0 heterocycles. The minimum atomic E-state index is -0.161. The first-order chi connectivity index (χ1) is 7.54. The summed E-state index contributed by atoms with van der Waals surface area (Å²) in [5, 5.41) is 5.82. The minimum Gasteiger partial charge on any atom is -0.358 e. The highest BCUT2D eigenvalue weighted by Gasteiger charge is 2.09. The highest BCUT2D eigenvalue weighted by Crippen LogP contribution is 2.10. The quantitative estimate of drug-likeness (QED) is 0.808. The largest absolute Gasteiger partial charge is 0.358 e. The van der Waals surface area contributed by atoms with E-state index in [4.69, 9.17) is 0 Å². The molecule has 1 unspecified atom stereocenters. The third kappa shape index (κ3) is 3.35. The number of likely N-dealkylation sites (N-methyl/N-ethyl adjacent to an activating group) is 1. The highest BCUT2D eigenvalue weighted by atomic mass is 16.2. The molecule has 1 atom stereocenters. The van der Waals surface area contributed by atoms with Gasteiger partial charge >= 0.3 is 0 Å². The smallest absolute Gasteiger partial charge is 0.236 e. The van der Waals surface area contributed by atoms with Crippen molar-refractivity contribution in [3.05, 3.63) is 34.9 Å². The van der Waals surface area contributed by atoms with Crippen LogP contribution in [0.2, 0.25) is 0 Å². The number of hydrogen-bond acceptors (Lipinski definition) is 2. The molecule has 0 radical (unpaired) electrons. The number of carbonyl (C=O) groups is 1. The van der Waals surface area contributed by atoms with Crippen LogP contribution in [-0.4, -0.2) is 19.0 Å². The summed E-state index contributed by atoms with van der Waals surface area (Å²) in [7, 11) is 1.65. The lowest BCUT2D eigenvalue weighted by molar-refractivity contribution is -0.122. The van der Waals surface area contributed by atoms with E-state index in [-0.39, 0.29) is 11.9 Å². The van der Waals surface area contributed by atoms with Crippen molar-refractivity contribution in [3.8, 4) is 0 Å². The number of aryl methyl sites for hydroxylation is 2. The lowest BCUT2D eigenvalue weighted by Gasteiger charge is -2.13. The van der Waals surface area contributed by atoms with E-state index in [9.17, 15) is 4.79 Å². The van der Waals surface area contributed by atoms with Gasteiger partial charge in [0.1, 0.15) is 0 Å². The second-order valence-electron chi connectivity index (χ2n) is 4.15. The molecule has 2 N–H and O–H groups in total. The van der Waals surface area contributed by atoms with Gasteiger partial charge in [-0.1, -0.05) is 23.8 Å². The van der Waals surface area contributed by atoms with Crippen LogP contribution in [0, 0.1) is 13.8 Å². The fourth-order valence-electron chi connectivity index (χ4n) is 1.62. The number of nitrogens with one attached hydrogen (secondary N) is 2. The molecule has 0 saturated carbocycles. The van der Waals surface area contributed by atoms with Gasteiger partial charge in [0.05, 0.1) is 6.04 Å². The van der Waals surface area contributed by atoms with Crippen molar-refractivity contribution in [2.24, 2.45) is 0 Å². The van der Waals surface area contributed by atoms with Crippen molar-refractivity contribution < 1.29 is 4.79 Å². The Morgan fingerprint density at radius 2 is 2.06 bits per heavy atom. The Kier molecular flexibility index (Phi) is 4.50. The van der Waals surface area contributed by atoms with Crippen LogP contribution in [0.1, 0.15) is 23.6 Å². The van der Waals surface area contributed by atoms with Crippen molar-refractivity contribution in [2.75, 3.05) is 7.05 Å². The lowest BCUT2D eigenvalue weighted by atomic mass is 10.1. The van der Waals surface area contributed by atoms with Gasteiger partial charge in [-0.15, -0.1) is 0 Å². The van der Waals surface area contributed by atoms with Gasteiger partial charge < -0.3 is 10.6 Å².